The highest BCUT2D eigenvalue weighted by molar-refractivity contribution is 5.80. The summed E-state index contributed by atoms with van der Waals surface area (Å²) in [5.74, 6) is -1.86. The predicted octanol–water partition coefficient (Wildman–Crippen LogP) is 2.54. The number of aryl methyl sites for hydroxylation is 1. The average molecular weight is 449 g/mol. The molecule has 0 radical (unpaired) electrons. The van der Waals surface area contributed by atoms with Crippen molar-refractivity contribution in [2.75, 3.05) is 6.61 Å². The Labute approximate surface area is 179 Å². The van der Waals surface area contributed by atoms with Crippen molar-refractivity contribution in [2.45, 2.75) is 25.9 Å². The largest absolute Gasteiger partial charge is 0.573 e. The van der Waals surface area contributed by atoms with Gasteiger partial charge in [0.05, 0.1) is 23.7 Å². The van der Waals surface area contributed by atoms with Gasteiger partial charge in [0.2, 0.25) is 0 Å². The number of alkyl halides is 3. The number of hydrogen-bond acceptors (Lipinski definition) is 6. The summed E-state index contributed by atoms with van der Waals surface area (Å²) in [6, 6.07) is 12.1. The molecule has 0 saturated carbocycles. The second-order valence-electron chi connectivity index (χ2n) is 6.60. The van der Waals surface area contributed by atoms with E-state index in [2.05, 4.69) is 15.0 Å². The van der Waals surface area contributed by atoms with Gasteiger partial charge in [-0.3, -0.25) is 19.0 Å². The Kier molecular flexibility index (Phi) is 7.08. The van der Waals surface area contributed by atoms with Gasteiger partial charge in [0, 0.05) is 18.7 Å². The zero-order chi connectivity index (χ0) is 23.1. The first-order valence-corrected chi connectivity index (χ1v) is 9.43. The minimum Gasteiger partial charge on any atom is -0.456 e. The lowest BCUT2D eigenvalue weighted by Gasteiger charge is -2.13. The highest BCUT2D eigenvalue weighted by Gasteiger charge is 2.32. The fourth-order valence-electron chi connectivity index (χ4n) is 2.81. The van der Waals surface area contributed by atoms with Gasteiger partial charge in [-0.05, 0) is 18.2 Å². The number of nitrogens with zero attached hydrogens (tertiary/aromatic N) is 2. The summed E-state index contributed by atoms with van der Waals surface area (Å²) in [7, 11) is 0. The number of para-hydroxylation sites is 2. The van der Waals surface area contributed by atoms with Crippen LogP contribution in [0.15, 0.2) is 59.7 Å². The summed E-state index contributed by atoms with van der Waals surface area (Å²) in [5.41, 5.74) is 0.337. The molecule has 1 amide bonds. The summed E-state index contributed by atoms with van der Waals surface area (Å²) in [6.45, 7) is -0.855. The van der Waals surface area contributed by atoms with Gasteiger partial charge < -0.3 is 14.8 Å². The van der Waals surface area contributed by atoms with Gasteiger partial charge in [-0.1, -0.05) is 30.3 Å². The lowest BCUT2D eigenvalue weighted by Crippen LogP contribution is -2.29. The molecule has 0 saturated heterocycles. The molecule has 2 aromatic carbocycles. The molecule has 1 N–H and O–H groups in total. The molecule has 0 aliphatic carbocycles. The van der Waals surface area contributed by atoms with Gasteiger partial charge in [0.1, 0.15) is 5.75 Å². The second kappa shape index (κ2) is 9.94. The minimum absolute atomic E-state index is 0.0132. The topological polar surface area (TPSA) is 99.5 Å². The molecule has 0 spiro atoms. The molecular weight excluding hydrogens is 431 g/mol. The molecule has 0 fully saturated rings. The van der Waals surface area contributed by atoms with Crippen LogP contribution >= 0.6 is 0 Å². The number of aromatic nitrogens is 2. The zero-order valence-corrected chi connectivity index (χ0v) is 16.6. The van der Waals surface area contributed by atoms with Gasteiger partial charge >= 0.3 is 12.3 Å². The number of fused-ring (bicyclic) bond motifs is 1. The van der Waals surface area contributed by atoms with Crippen LogP contribution in [-0.4, -0.2) is 34.4 Å². The molecule has 0 aliphatic rings. The van der Waals surface area contributed by atoms with Crippen LogP contribution in [-0.2, 0) is 27.4 Å². The number of carbonyl (C=O) groups is 2. The van der Waals surface area contributed by atoms with E-state index in [0.717, 1.165) is 6.07 Å². The molecule has 0 bridgehead atoms. The SMILES string of the molecule is O=C(COC(=O)CCn1cnc2ccccc2c1=O)NCc1ccccc1OC(F)(F)F. The maximum Gasteiger partial charge on any atom is 0.573 e. The highest BCUT2D eigenvalue weighted by atomic mass is 19.4. The number of hydrogen-bond donors (Lipinski definition) is 1. The fourth-order valence-corrected chi connectivity index (χ4v) is 2.81. The molecule has 0 unspecified atom stereocenters. The molecule has 168 valence electrons. The zero-order valence-electron chi connectivity index (χ0n) is 16.6. The lowest BCUT2D eigenvalue weighted by molar-refractivity contribution is -0.274. The van der Waals surface area contributed by atoms with Gasteiger partial charge in [0.25, 0.3) is 11.5 Å². The van der Waals surface area contributed by atoms with Crippen LogP contribution in [0, 0.1) is 0 Å². The summed E-state index contributed by atoms with van der Waals surface area (Å²) in [5, 5.41) is 2.77. The van der Waals surface area contributed by atoms with Crippen LogP contribution < -0.4 is 15.6 Å². The van der Waals surface area contributed by atoms with Crippen LogP contribution in [0.5, 0.6) is 5.75 Å². The summed E-state index contributed by atoms with van der Waals surface area (Å²) < 4.78 is 47.3. The molecule has 11 heteroatoms. The second-order valence-corrected chi connectivity index (χ2v) is 6.60. The number of benzene rings is 2. The van der Waals surface area contributed by atoms with E-state index in [1.54, 1.807) is 24.3 Å². The summed E-state index contributed by atoms with van der Waals surface area (Å²) in [4.78, 5) is 40.3. The molecule has 3 aromatic rings. The summed E-state index contributed by atoms with van der Waals surface area (Å²) in [6.07, 6.45) is -3.71. The summed E-state index contributed by atoms with van der Waals surface area (Å²) >= 11 is 0. The van der Waals surface area contributed by atoms with Gasteiger partial charge in [-0.15, -0.1) is 13.2 Å². The number of rotatable bonds is 8. The Hall–Kier alpha value is -3.89. The van der Waals surface area contributed by atoms with E-state index in [1.165, 1.54) is 29.1 Å². The number of nitrogens with one attached hydrogen (secondary N) is 1. The number of amides is 1. The first-order valence-electron chi connectivity index (χ1n) is 9.43. The molecule has 32 heavy (non-hydrogen) atoms. The third kappa shape index (κ3) is 6.30. The average Bonchev–Trinajstić information content (AvgIpc) is 2.76. The first-order chi connectivity index (χ1) is 15.2. The molecule has 1 heterocycles. The van der Waals surface area contributed by atoms with Crippen LogP contribution in [0.4, 0.5) is 13.2 Å². The normalized spacial score (nSPS) is 11.2. The third-order valence-corrected chi connectivity index (χ3v) is 4.33. The molecule has 1 aromatic heterocycles. The fraction of sp³-hybridized carbons (Fsp3) is 0.238. The number of halogens is 3. The Balaban J connectivity index is 1.46. The van der Waals surface area contributed by atoms with Crippen molar-refractivity contribution < 1.29 is 32.2 Å². The maximum absolute atomic E-state index is 12.4. The Morgan fingerprint density at radius 1 is 1.06 bits per heavy atom. The van der Waals surface area contributed by atoms with Crippen LogP contribution in [0.2, 0.25) is 0 Å². The van der Waals surface area contributed by atoms with Crippen LogP contribution in [0.3, 0.4) is 0 Å². The van der Waals surface area contributed by atoms with E-state index in [-0.39, 0.29) is 30.6 Å². The smallest absolute Gasteiger partial charge is 0.456 e. The van der Waals surface area contributed by atoms with E-state index in [4.69, 9.17) is 4.74 Å². The molecular formula is C21H18F3N3O5. The van der Waals surface area contributed by atoms with Crippen LogP contribution in [0.1, 0.15) is 12.0 Å². The van der Waals surface area contributed by atoms with Crippen molar-refractivity contribution in [3.05, 3.63) is 70.8 Å². The third-order valence-electron chi connectivity index (χ3n) is 4.33. The predicted molar refractivity (Wildman–Crippen MR) is 107 cm³/mol. The van der Waals surface area contributed by atoms with Gasteiger partial charge in [0.15, 0.2) is 6.61 Å². The monoisotopic (exact) mass is 449 g/mol. The Morgan fingerprint density at radius 2 is 1.78 bits per heavy atom. The molecule has 8 nitrogen and oxygen atoms in total. The van der Waals surface area contributed by atoms with E-state index >= 15 is 0 Å². The van der Waals surface area contributed by atoms with E-state index in [1.807, 2.05) is 0 Å². The van der Waals surface area contributed by atoms with E-state index in [0.29, 0.717) is 10.9 Å². The number of carbonyl (C=O) groups excluding carboxylic acids is 2. The Bertz CT molecular complexity index is 1180. The highest BCUT2D eigenvalue weighted by Crippen LogP contribution is 2.26. The number of esters is 1. The molecule has 0 atom stereocenters. The van der Waals surface area contributed by atoms with E-state index < -0.39 is 30.6 Å². The quantitative estimate of drug-likeness (QED) is 0.531. The minimum atomic E-state index is -4.86. The molecule has 3 rings (SSSR count). The number of ether oxygens (including phenoxy) is 2. The van der Waals surface area contributed by atoms with Gasteiger partial charge in [-0.2, -0.15) is 0 Å². The van der Waals surface area contributed by atoms with Crippen molar-refractivity contribution >= 4 is 22.8 Å². The Morgan fingerprint density at radius 3 is 2.56 bits per heavy atom. The van der Waals surface area contributed by atoms with Crippen molar-refractivity contribution in [3.63, 3.8) is 0 Å². The van der Waals surface area contributed by atoms with Crippen molar-refractivity contribution in [3.8, 4) is 5.75 Å². The first kappa shape index (κ1) is 22.8. The standard InChI is InChI=1S/C21H18F3N3O5/c22-21(23,24)32-17-8-4-1-5-14(17)11-25-18(28)12-31-19(29)9-10-27-13-26-16-7-3-2-6-15(16)20(27)30/h1-8,13H,9-12H2,(H,25,28). The van der Waals surface area contributed by atoms with E-state index in [9.17, 15) is 27.6 Å². The maximum atomic E-state index is 12.4. The van der Waals surface area contributed by atoms with Crippen molar-refractivity contribution in [2.24, 2.45) is 0 Å². The lowest BCUT2D eigenvalue weighted by atomic mass is 10.2. The van der Waals surface area contributed by atoms with Crippen molar-refractivity contribution in [1.29, 1.82) is 0 Å². The molecule has 0 aliphatic heterocycles. The van der Waals surface area contributed by atoms with Gasteiger partial charge in [-0.25, -0.2) is 4.98 Å². The van der Waals surface area contributed by atoms with Crippen molar-refractivity contribution in [1.82, 2.24) is 14.9 Å². The van der Waals surface area contributed by atoms with Crippen LogP contribution in [0.25, 0.3) is 10.9 Å².